The normalized spacial score (nSPS) is 21.0. The summed E-state index contributed by atoms with van der Waals surface area (Å²) in [5.74, 6) is 0.739. The molecule has 0 aliphatic carbocycles. The zero-order valence-corrected chi connectivity index (χ0v) is 20.1. The van der Waals surface area contributed by atoms with Crippen LogP contribution in [0.25, 0.3) is 0 Å². The Bertz CT molecular complexity index is 1140. The first-order valence-electron chi connectivity index (χ1n) is 11.9. The van der Waals surface area contributed by atoms with Gasteiger partial charge in [-0.1, -0.05) is 11.6 Å². The zero-order valence-electron chi connectivity index (χ0n) is 19.3. The van der Waals surface area contributed by atoms with Gasteiger partial charge in [-0.25, -0.2) is 28.7 Å². The van der Waals surface area contributed by atoms with Crippen molar-refractivity contribution in [1.82, 2.24) is 19.9 Å². The lowest BCUT2D eigenvalue weighted by atomic mass is 9.91. The van der Waals surface area contributed by atoms with E-state index in [-0.39, 0.29) is 12.0 Å². The molecule has 0 amide bonds. The summed E-state index contributed by atoms with van der Waals surface area (Å²) in [6, 6.07) is 3.19. The maximum atomic E-state index is 14.3. The van der Waals surface area contributed by atoms with Gasteiger partial charge in [-0.3, -0.25) is 0 Å². The van der Waals surface area contributed by atoms with E-state index < -0.39 is 11.6 Å². The van der Waals surface area contributed by atoms with Gasteiger partial charge in [0.05, 0.1) is 17.4 Å². The van der Waals surface area contributed by atoms with Crippen LogP contribution in [0.5, 0.6) is 0 Å². The average molecular weight is 500 g/mol. The number of benzene rings is 1. The second-order valence-corrected chi connectivity index (χ2v) is 9.84. The molecule has 2 N–H and O–H groups in total. The average Bonchev–Trinajstić information content (AvgIpc) is 3.26. The van der Waals surface area contributed by atoms with E-state index in [9.17, 15) is 8.78 Å². The van der Waals surface area contributed by atoms with Crippen molar-refractivity contribution in [2.24, 2.45) is 11.7 Å². The summed E-state index contributed by atoms with van der Waals surface area (Å²) < 4.78 is 27.9. The third-order valence-corrected chi connectivity index (χ3v) is 7.24. The highest BCUT2D eigenvalue weighted by Gasteiger charge is 2.34. The largest absolute Gasteiger partial charge is 0.341 e. The Balaban J connectivity index is 1.12. The minimum Gasteiger partial charge on any atom is -0.341 e. The number of aromatic nitrogens is 4. The van der Waals surface area contributed by atoms with Gasteiger partial charge in [0.15, 0.2) is 0 Å². The molecule has 4 heterocycles. The van der Waals surface area contributed by atoms with Gasteiger partial charge >= 0.3 is 0 Å². The van der Waals surface area contributed by atoms with Crippen LogP contribution < -0.4 is 15.5 Å². The summed E-state index contributed by atoms with van der Waals surface area (Å²) in [6.07, 6.45) is 11.2. The second-order valence-electron chi connectivity index (χ2n) is 9.40. The van der Waals surface area contributed by atoms with E-state index in [2.05, 4.69) is 24.8 Å². The molecule has 5 rings (SSSR count). The lowest BCUT2D eigenvalue weighted by Crippen LogP contribution is -2.35. The van der Waals surface area contributed by atoms with Gasteiger partial charge in [-0.2, -0.15) is 0 Å². The summed E-state index contributed by atoms with van der Waals surface area (Å²) >= 11 is 5.88. The van der Waals surface area contributed by atoms with Crippen molar-refractivity contribution in [2.45, 2.75) is 37.6 Å². The molecule has 10 heteroatoms. The maximum absolute atomic E-state index is 14.3. The number of rotatable bonds is 6. The highest BCUT2D eigenvalue weighted by molar-refractivity contribution is 6.30. The summed E-state index contributed by atoms with van der Waals surface area (Å²) in [6.45, 7) is 2.82. The van der Waals surface area contributed by atoms with Crippen LogP contribution in [0.2, 0.25) is 5.02 Å². The molecule has 2 aliphatic heterocycles. The van der Waals surface area contributed by atoms with Crippen LogP contribution in [0, 0.1) is 17.6 Å². The van der Waals surface area contributed by atoms with E-state index >= 15 is 0 Å². The van der Waals surface area contributed by atoms with Crippen molar-refractivity contribution in [2.75, 3.05) is 36.0 Å². The fraction of sp³-hybridized carbons (Fsp3) is 0.440. The number of nitrogens with two attached hydrogens (primary N) is 1. The van der Waals surface area contributed by atoms with E-state index in [0.717, 1.165) is 62.4 Å². The molecule has 2 fully saturated rings. The third-order valence-electron chi connectivity index (χ3n) is 7.04. The second kappa shape index (κ2) is 10.4. The van der Waals surface area contributed by atoms with Crippen LogP contribution in [-0.2, 0) is 6.42 Å². The Kier molecular flexibility index (Phi) is 7.06. The fourth-order valence-electron chi connectivity index (χ4n) is 5.02. The van der Waals surface area contributed by atoms with E-state index in [0.29, 0.717) is 35.5 Å². The van der Waals surface area contributed by atoms with E-state index in [1.165, 1.54) is 6.07 Å². The lowest BCUT2D eigenvalue weighted by molar-refractivity contribution is 0.379. The molecule has 3 aromatic rings. The van der Waals surface area contributed by atoms with Crippen molar-refractivity contribution in [3.8, 4) is 0 Å². The van der Waals surface area contributed by atoms with Gasteiger partial charge in [0, 0.05) is 50.5 Å². The van der Waals surface area contributed by atoms with Crippen molar-refractivity contribution in [3.63, 3.8) is 0 Å². The first kappa shape index (κ1) is 23.8. The van der Waals surface area contributed by atoms with Crippen LogP contribution in [0.15, 0.2) is 43.0 Å². The predicted octanol–water partition coefficient (Wildman–Crippen LogP) is 3.98. The predicted molar refractivity (Wildman–Crippen MR) is 132 cm³/mol. The van der Waals surface area contributed by atoms with Crippen LogP contribution >= 0.6 is 11.6 Å². The molecule has 0 saturated carbocycles. The van der Waals surface area contributed by atoms with Crippen LogP contribution in [0.1, 0.15) is 36.3 Å². The van der Waals surface area contributed by atoms with Crippen LogP contribution in [0.4, 0.5) is 20.7 Å². The molecule has 7 nitrogen and oxygen atoms in total. The maximum Gasteiger partial charge on any atom is 0.225 e. The van der Waals surface area contributed by atoms with Gasteiger partial charge < -0.3 is 15.5 Å². The molecule has 184 valence electrons. The summed E-state index contributed by atoms with van der Waals surface area (Å²) in [4.78, 5) is 21.9. The fourth-order valence-corrected chi connectivity index (χ4v) is 5.12. The molecule has 2 aliphatic rings. The number of piperidine rings is 1. The zero-order chi connectivity index (χ0) is 24.4. The molecule has 0 spiro atoms. The minimum atomic E-state index is -0.461. The molecule has 35 heavy (non-hydrogen) atoms. The van der Waals surface area contributed by atoms with E-state index in [4.69, 9.17) is 17.3 Å². The van der Waals surface area contributed by atoms with Gasteiger partial charge in [0.2, 0.25) is 11.9 Å². The molecule has 2 unspecified atom stereocenters. The topological polar surface area (TPSA) is 84.1 Å². The van der Waals surface area contributed by atoms with Crippen LogP contribution in [-0.4, -0.2) is 52.2 Å². The Morgan fingerprint density at radius 1 is 0.914 bits per heavy atom. The van der Waals surface area contributed by atoms with Crippen LogP contribution in [0.3, 0.4) is 0 Å². The van der Waals surface area contributed by atoms with Crippen molar-refractivity contribution in [3.05, 3.63) is 70.8 Å². The summed E-state index contributed by atoms with van der Waals surface area (Å²) in [5.41, 5.74) is 7.67. The first-order valence-corrected chi connectivity index (χ1v) is 12.3. The summed E-state index contributed by atoms with van der Waals surface area (Å²) in [7, 11) is 0. The number of anilines is 2. The summed E-state index contributed by atoms with van der Waals surface area (Å²) in [5, 5.41) is 0.546. The number of hydrogen-bond donors (Lipinski definition) is 1. The number of nitrogens with zero attached hydrogens (tertiary/aromatic N) is 6. The molecule has 2 aromatic heterocycles. The first-order chi connectivity index (χ1) is 17.0. The van der Waals surface area contributed by atoms with Crippen molar-refractivity contribution < 1.29 is 8.78 Å². The van der Waals surface area contributed by atoms with Gasteiger partial charge in [-0.05, 0) is 60.9 Å². The molecular weight excluding hydrogens is 472 g/mol. The Morgan fingerprint density at radius 2 is 1.57 bits per heavy atom. The minimum absolute atomic E-state index is 0.307. The van der Waals surface area contributed by atoms with E-state index in [1.807, 2.05) is 17.3 Å². The number of aryl methyl sites for hydroxylation is 1. The quantitative estimate of drug-likeness (QED) is 0.549. The van der Waals surface area contributed by atoms with Crippen molar-refractivity contribution >= 4 is 23.5 Å². The molecule has 0 bridgehead atoms. The molecule has 2 saturated heterocycles. The lowest BCUT2D eigenvalue weighted by Gasteiger charge is -2.32. The van der Waals surface area contributed by atoms with Crippen molar-refractivity contribution in [1.29, 1.82) is 0 Å². The van der Waals surface area contributed by atoms with E-state index in [1.54, 1.807) is 12.4 Å². The molecular formula is C25H28ClF2N7. The monoisotopic (exact) mass is 499 g/mol. The Hall–Kier alpha value is -2.91. The number of halogens is 3. The van der Waals surface area contributed by atoms with Gasteiger partial charge in [-0.15, -0.1) is 0 Å². The molecule has 2 atom stereocenters. The van der Waals surface area contributed by atoms with Gasteiger partial charge in [0.1, 0.15) is 11.6 Å². The molecule has 1 aromatic carbocycles. The molecule has 0 radical (unpaired) electrons. The highest BCUT2D eigenvalue weighted by atomic mass is 35.5. The number of hydrogen-bond acceptors (Lipinski definition) is 7. The SMILES string of the molecule is NC1CN(c2ncc(CCC3CCN(c4ncc(Cl)cn4)CC3)cn2)CC1c1cc(F)ccc1F. The van der Waals surface area contributed by atoms with Gasteiger partial charge in [0.25, 0.3) is 0 Å². The Morgan fingerprint density at radius 3 is 2.29 bits per heavy atom. The highest BCUT2D eigenvalue weighted by Crippen LogP contribution is 2.31. The smallest absolute Gasteiger partial charge is 0.225 e. The Labute approximate surface area is 208 Å². The third kappa shape index (κ3) is 5.51. The standard InChI is InChI=1S/C25H28ClF2N7/c26-18-12-32-24(33-13-18)34-7-5-16(6-8-34)1-2-17-10-30-25(31-11-17)35-14-21(23(29)15-35)20-9-19(27)3-4-22(20)28/h3-4,9-13,16,21,23H,1-2,5-8,14-15,29H2.